The van der Waals surface area contributed by atoms with Gasteiger partial charge in [-0.15, -0.1) is 0 Å². The Bertz CT molecular complexity index is 1400. The second kappa shape index (κ2) is 9.50. The highest BCUT2D eigenvalue weighted by Crippen LogP contribution is 2.61. The smallest absolute Gasteiger partial charge is 0.318 e. The summed E-state index contributed by atoms with van der Waals surface area (Å²) in [5.41, 5.74) is 0.126. The summed E-state index contributed by atoms with van der Waals surface area (Å²) >= 11 is 0. The summed E-state index contributed by atoms with van der Waals surface area (Å²) in [6.45, 7) is 7.11. The van der Waals surface area contributed by atoms with Crippen LogP contribution in [0.3, 0.4) is 0 Å². The van der Waals surface area contributed by atoms with E-state index in [9.17, 15) is 27.4 Å². The lowest BCUT2D eigenvalue weighted by molar-refractivity contribution is -0.185. The fourth-order valence-electron chi connectivity index (χ4n) is 9.39. The van der Waals surface area contributed by atoms with E-state index >= 15 is 0 Å². The third-order valence-corrected chi connectivity index (χ3v) is 11.7. The first-order chi connectivity index (χ1) is 19.8. The number of carbonyl (C=O) groups excluding carboxylic acids is 3. The molecule has 4 saturated carbocycles. The highest BCUT2D eigenvalue weighted by molar-refractivity contribution is 7.86. The summed E-state index contributed by atoms with van der Waals surface area (Å²) in [6.07, 6.45) is 2.81. The Hall–Kier alpha value is -2.50. The Kier molecular flexibility index (Phi) is 6.40. The molecule has 42 heavy (non-hydrogen) atoms. The van der Waals surface area contributed by atoms with Crippen LogP contribution < -0.4 is 4.74 Å². The molecule has 3 heterocycles. The zero-order valence-electron chi connectivity index (χ0n) is 24.3. The average molecular weight is 603 g/mol. The monoisotopic (exact) mass is 602 g/mol. The van der Waals surface area contributed by atoms with Crippen LogP contribution in [0, 0.1) is 35.0 Å². The van der Waals surface area contributed by atoms with E-state index in [1.165, 1.54) is 31.4 Å². The van der Waals surface area contributed by atoms with E-state index in [4.69, 9.17) is 18.9 Å². The Morgan fingerprint density at radius 1 is 0.929 bits per heavy atom. The summed E-state index contributed by atoms with van der Waals surface area (Å²) in [4.78, 5) is 40.2. The maximum absolute atomic E-state index is 13.8. The number of carbonyl (C=O) groups is 3. The molecule has 6 atom stereocenters. The summed E-state index contributed by atoms with van der Waals surface area (Å²) in [7, 11) is -4.54. The van der Waals surface area contributed by atoms with E-state index in [1.807, 2.05) is 0 Å². The van der Waals surface area contributed by atoms with Gasteiger partial charge in [-0.2, -0.15) is 8.42 Å². The lowest BCUT2D eigenvalue weighted by Gasteiger charge is -2.55. The van der Waals surface area contributed by atoms with Crippen molar-refractivity contribution in [3.05, 3.63) is 23.3 Å². The van der Waals surface area contributed by atoms with Crippen LogP contribution in [0.15, 0.2) is 17.0 Å². The van der Waals surface area contributed by atoms with Gasteiger partial charge in [0, 0.05) is 0 Å². The molecule has 3 aliphatic heterocycles. The normalized spacial score (nSPS) is 39.3. The molecule has 4 aliphatic carbocycles. The number of esters is 3. The summed E-state index contributed by atoms with van der Waals surface area (Å²) in [5, 5.41) is 0. The molecular weight excluding hydrogens is 564 g/mol. The predicted molar refractivity (Wildman–Crippen MR) is 146 cm³/mol. The van der Waals surface area contributed by atoms with Gasteiger partial charge in [0.2, 0.25) is 0 Å². The molecule has 6 unspecified atom stereocenters. The Morgan fingerprint density at radius 3 is 1.98 bits per heavy atom. The first kappa shape index (κ1) is 28.3. The van der Waals surface area contributed by atoms with Gasteiger partial charge >= 0.3 is 17.9 Å². The molecule has 0 spiro atoms. The molecule has 7 aliphatic rings. The average Bonchev–Trinajstić information content (AvgIpc) is 3.50. The molecule has 11 heteroatoms. The number of rotatable bonds is 7. The van der Waals surface area contributed by atoms with Crippen LogP contribution in [0.25, 0.3) is 0 Å². The highest BCUT2D eigenvalue weighted by Gasteiger charge is 2.72. The van der Waals surface area contributed by atoms with Crippen molar-refractivity contribution in [1.29, 1.82) is 0 Å². The molecule has 228 valence electrons. The maximum Gasteiger partial charge on any atom is 0.318 e. The number of fused-ring (bicyclic) bond motifs is 1. The summed E-state index contributed by atoms with van der Waals surface area (Å²) in [5.74, 6) is -2.33. The zero-order valence-corrected chi connectivity index (χ0v) is 25.1. The Labute approximate surface area is 245 Å². The van der Waals surface area contributed by atoms with E-state index in [0.717, 1.165) is 19.3 Å². The minimum Gasteiger partial charge on any atom is -0.455 e. The summed E-state index contributed by atoms with van der Waals surface area (Å²) < 4.78 is 58.2. The topological polar surface area (TPSA) is 142 Å². The second-order valence-corrected chi connectivity index (χ2v) is 15.6. The molecule has 3 saturated heterocycles. The fraction of sp³-hybridized carbons (Fsp3) is 0.710. The predicted octanol–water partition coefficient (Wildman–Crippen LogP) is 4.15. The third kappa shape index (κ3) is 4.24. The number of hydrogen-bond donors (Lipinski definition) is 1. The lowest BCUT2D eigenvalue weighted by atomic mass is 9.49. The van der Waals surface area contributed by atoms with E-state index in [0.29, 0.717) is 28.9 Å². The molecule has 1 N–H and O–H groups in total. The van der Waals surface area contributed by atoms with E-state index in [1.54, 1.807) is 27.7 Å². The molecule has 0 radical (unpaired) electrons. The van der Waals surface area contributed by atoms with Crippen molar-refractivity contribution in [2.45, 2.75) is 107 Å². The van der Waals surface area contributed by atoms with Crippen LogP contribution in [-0.4, -0.2) is 55.3 Å². The Morgan fingerprint density at radius 2 is 1.48 bits per heavy atom. The van der Waals surface area contributed by atoms with Crippen LogP contribution in [0.2, 0.25) is 0 Å². The first-order valence-electron chi connectivity index (χ1n) is 15.2. The maximum atomic E-state index is 13.8. The van der Waals surface area contributed by atoms with Crippen LogP contribution in [-0.2, 0) is 38.7 Å². The second-order valence-electron chi connectivity index (χ2n) is 14.2. The molecule has 8 rings (SSSR count). The Balaban J connectivity index is 1.15. The van der Waals surface area contributed by atoms with Crippen LogP contribution in [0.5, 0.6) is 5.75 Å². The van der Waals surface area contributed by atoms with Crippen molar-refractivity contribution in [1.82, 2.24) is 0 Å². The molecule has 0 aromatic heterocycles. The minimum atomic E-state index is -4.54. The van der Waals surface area contributed by atoms with Gasteiger partial charge in [0.15, 0.2) is 12.2 Å². The van der Waals surface area contributed by atoms with E-state index in [-0.39, 0.29) is 28.5 Å². The van der Waals surface area contributed by atoms with Gasteiger partial charge in [-0.1, -0.05) is 27.7 Å². The largest absolute Gasteiger partial charge is 0.455 e. The van der Waals surface area contributed by atoms with Crippen molar-refractivity contribution >= 4 is 28.0 Å². The van der Waals surface area contributed by atoms with Crippen LogP contribution in [0.1, 0.15) is 89.2 Å². The molecule has 1 aromatic rings. The molecular formula is C31H38O10S. The van der Waals surface area contributed by atoms with E-state index < -0.39 is 63.7 Å². The van der Waals surface area contributed by atoms with Gasteiger partial charge in [0.25, 0.3) is 10.1 Å². The molecule has 6 bridgehead atoms. The highest BCUT2D eigenvalue weighted by atomic mass is 32.2. The van der Waals surface area contributed by atoms with Crippen LogP contribution >= 0.6 is 0 Å². The minimum absolute atomic E-state index is 0.104. The van der Waals surface area contributed by atoms with Crippen LogP contribution in [0.4, 0.5) is 0 Å². The third-order valence-electron chi connectivity index (χ3n) is 10.7. The van der Waals surface area contributed by atoms with Crippen molar-refractivity contribution in [2.75, 3.05) is 0 Å². The molecule has 7 fully saturated rings. The number of ether oxygens (including phenoxy) is 4. The first-order valence-corrected chi connectivity index (χ1v) is 16.6. The van der Waals surface area contributed by atoms with Gasteiger partial charge in [-0.05, 0) is 91.4 Å². The summed E-state index contributed by atoms with van der Waals surface area (Å²) in [6, 6.07) is 2.87. The zero-order chi connectivity index (χ0) is 29.9. The molecule has 0 amide bonds. The number of hydrogen-bond acceptors (Lipinski definition) is 9. The van der Waals surface area contributed by atoms with Gasteiger partial charge in [0.1, 0.15) is 34.7 Å². The van der Waals surface area contributed by atoms with E-state index in [2.05, 4.69) is 0 Å². The van der Waals surface area contributed by atoms with Gasteiger partial charge in [-0.25, -0.2) is 0 Å². The lowest BCUT2D eigenvalue weighted by Crippen LogP contribution is -2.54. The van der Waals surface area contributed by atoms with Crippen molar-refractivity contribution in [3.63, 3.8) is 0 Å². The van der Waals surface area contributed by atoms with Gasteiger partial charge < -0.3 is 18.9 Å². The standard InChI is InChI=1S/C31H38O10S/c1-13(2)19-8-18(9-20(14(3)4)27(19)42(35,36)37)38-28(32)21-22-23-25(40-29(22)33)26(24(21)39-23)41-30(34)31-10-15-5-16(11-31)7-17(6-15)12-31/h8-9,13-17,21-26H,5-7,10-12H2,1-4H3,(H,35,36,37). The SMILES string of the molecule is CC(C)c1cc(OC(=O)C2C3OC4C(OC(=O)C42)C3OC(=O)C23CC4CC(CC(C4)C2)C3)cc(C(C)C)c1S(=O)(=O)O. The van der Waals surface area contributed by atoms with Gasteiger partial charge in [0.05, 0.1) is 5.41 Å². The quantitative estimate of drug-likeness (QED) is 0.275. The van der Waals surface area contributed by atoms with Gasteiger partial charge in [-0.3, -0.25) is 18.9 Å². The van der Waals surface area contributed by atoms with Crippen molar-refractivity contribution in [2.24, 2.45) is 35.0 Å². The van der Waals surface area contributed by atoms with Crippen molar-refractivity contribution < 1.29 is 46.3 Å². The molecule has 1 aromatic carbocycles. The number of benzene rings is 1. The molecule has 10 nitrogen and oxygen atoms in total. The fourth-order valence-corrected chi connectivity index (χ4v) is 10.6. The van der Waals surface area contributed by atoms with Crippen molar-refractivity contribution in [3.8, 4) is 5.75 Å².